The smallest absolute Gasteiger partial charge is 0.303 e. The molecule has 0 unspecified atom stereocenters. The van der Waals surface area contributed by atoms with Crippen LogP contribution in [-0.2, 0) is 24.2 Å². The first-order valence-corrected chi connectivity index (χ1v) is 12.6. The summed E-state index contributed by atoms with van der Waals surface area (Å²) in [5, 5.41) is 12.1. The van der Waals surface area contributed by atoms with Crippen molar-refractivity contribution in [1.29, 1.82) is 0 Å². The first-order valence-electron chi connectivity index (χ1n) is 12.6. The van der Waals surface area contributed by atoms with Crippen LogP contribution >= 0.6 is 0 Å². The molecule has 0 aliphatic rings. The van der Waals surface area contributed by atoms with Gasteiger partial charge in [-0.1, -0.05) is 42.0 Å². The number of aromatic nitrogens is 1. The highest BCUT2D eigenvalue weighted by molar-refractivity contribution is 5.95. The van der Waals surface area contributed by atoms with E-state index >= 15 is 0 Å². The molecule has 0 saturated carbocycles. The maximum absolute atomic E-state index is 12.8. The molecule has 0 aliphatic heterocycles. The van der Waals surface area contributed by atoms with Crippen LogP contribution in [0.3, 0.4) is 0 Å². The summed E-state index contributed by atoms with van der Waals surface area (Å²) in [4.78, 5) is 28.6. The van der Waals surface area contributed by atoms with E-state index in [4.69, 9.17) is 14.3 Å². The van der Waals surface area contributed by atoms with E-state index in [1.165, 1.54) is 0 Å². The van der Waals surface area contributed by atoms with Crippen LogP contribution < -0.4 is 10.1 Å². The molecule has 3 aromatic carbocycles. The quantitative estimate of drug-likeness (QED) is 0.262. The molecular weight excluding hydrogens is 480 g/mol. The first-order chi connectivity index (χ1) is 18.3. The number of aliphatic carboxylic acids is 1. The van der Waals surface area contributed by atoms with Gasteiger partial charge in [-0.15, -0.1) is 0 Å². The van der Waals surface area contributed by atoms with Crippen LogP contribution in [0.4, 0.5) is 0 Å². The molecule has 0 radical (unpaired) electrons. The molecule has 1 aromatic heterocycles. The lowest BCUT2D eigenvalue weighted by atomic mass is 10.0. The molecule has 7 heteroatoms. The van der Waals surface area contributed by atoms with Crippen molar-refractivity contribution in [2.45, 2.75) is 46.6 Å². The summed E-state index contributed by atoms with van der Waals surface area (Å²) >= 11 is 0. The lowest BCUT2D eigenvalue weighted by Gasteiger charge is -2.14. The molecule has 4 rings (SSSR count). The third-order valence-electron chi connectivity index (χ3n) is 6.37. The van der Waals surface area contributed by atoms with Crippen molar-refractivity contribution >= 4 is 11.9 Å². The van der Waals surface area contributed by atoms with Crippen LogP contribution in [-0.4, -0.2) is 28.6 Å². The normalized spacial score (nSPS) is 10.8. The molecule has 1 heterocycles. The van der Waals surface area contributed by atoms with Crippen molar-refractivity contribution in [2.75, 3.05) is 6.61 Å². The maximum Gasteiger partial charge on any atom is 0.303 e. The second-order valence-electron chi connectivity index (χ2n) is 9.31. The molecule has 0 fully saturated rings. The highest BCUT2D eigenvalue weighted by Crippen LogP contribution is 2.23. The van der Waals surface area contributed by atoms with Gasteiger partial charge in [0.2, 0.25) is 5.89 Å². The number of rotatable bonds is 11. The zero-order valence-corrected chi connectivity index (χ0v) is 21.9. The van der Waals surface area contributed by atoms with Crippen LogP contribution in [0.2, 0.25) is 0 Å². The molecule has 38 heavy (non-hydrogen) atoms. The van der Waals surface area contributed by atoms with E-state index in [9.17, 15) is 9.59 Å². The fraction of sp³-hybridized carbons (Fsp3) is 0.258. The molecule has 4 aromatic rings. The van der Waals surface area contributed by atoms with E-state index in [0.29, 0.717) is 36.7 Å². The van der Waals surface area contributed by atoms with Crippen LogP contribution in [0, 0.1) is 20.8 Å². The van der Waals surface area contributed by atoms with E-state index in [2.05, 4.69) is 10.3 Å². The molecule has 2 N–H and O–H groups in total. The van der Waals surface area contributed by atoms with Crippen molar-refractivity contribution in [1.82, 2.24) is 10.3 Å². The molecule has 0 atom stereocenters. The summed E-state index contributed by atoms with van der Waals surface area (Å²) in [5.41, 5.74) is 6.07. The summed E-state index contributed by atoms with van der Waals surface area (Å²) in [6.45, 7) is 6.45. The monoisotopic (exact) mass is 512 g/mol. The molecule has 0 saturated heterocycles. The fourth-order valence-electron chi connectivity index (χ4n) is 4.31. The molecular formula is C31H32N2O5. The molecule has 0 bridgehead atoms. The average molecular weight is 513 g/mol. The zero-order valence-electron chi connectivity index (χ0n) is 21.9. The number of oxazole rings is 1. The minimum Gasteiger partial charge on any atom is -0.493 e. The van der Waals surface area contributed by atoms with Gasteiger partial charge in [-0.05, 0) is 74.2 Å². The van der Waals surface area contributed by atoms with E-state index in [1.807, 2.05) is 87.5 Å². The Hall–Kier alpha value is -4.39. The third-order valence-corrected chi connectivity index (χ3v) is 6.37. The highest BCUT2D eigenvalue weighted by Gasteiger charge is 2.14. The standard InChI is InChI=1S/C31H32N2O5/c1-20-9-13-27(21(2)17-20)30(36)32-19-25-18-26(12-10-23(25)11-14-29(34)35)37-16-15-28-22(3)38-31(33-28)24-7-5-4-6-8-24/h4-10,12-13,17-18H,11,14-16,19H2,1-3H3,(H,32,36)(H,34,35). The van der Waals surface area contributed by atoms with Gasteiger partial charge >= 0.3 is 5.97 Å². The van der Waals surface area contributed by atoms with Crippen molar-refractivity contribution in [2.24, 2.45) is 0 Å². The van der Waals surface area contributed by atoms with Crippen molar-refractivity contribution in [3.8, 4) is 17.2 Å². The SMILES string of the molecule is Cc1ccc(C(=O)NCc2cc(OCCc3nc(-c4ccccc4)oc3C)ccc2CCC(=O)O)c(C)c1. The van der Waals surface area contributed by atoms with Crippen LogP contribution in [0.5, 0.6) is 5.75 Å². The van der Waals surface area contributed by atoms with Gasteiger partial charge < -0.3 is 19.6 Å². The van der Waals surface area contributed by atoms with Crippen molar-refractivity contribution in [3.63, 3.8) is 0 Å². The predicted molar refractivity (Wildman–Crippen MR) is 145 cm³/mol. The van der Waals surface area contributed by atoms with Crippen molar-refractivity contribution < 1.29 is 23.8 Å². The topological polar surface area (TPSA) is 102 Å². The Labute approximate surface area is 222 Å². The Morgan fingerprint density at radius 1 is 0.947 bits per heavy atom. The number of carboxylic acid groups (broad SMARTS) is 1. The van der Waals surface area contributed by atoms with Gasteiger partial charge in [-0.25, -0.2) is 4.98 Å². The Morgan fingerprint density at radius 2 is 1.74 bits per heavy atom. The third kappa shape index (κ3) is 6.88. The van der Waals surface area contributed by atoms with E-state index in [1.54, 1.807) is 0 Å². The number of benzene rings is 3. The van der Waals surface area contributed by atoms with Gasteiger partial charge in [0.1, 0.15) is 11.5 Å². The summed E-state index contributed by atoms with van der Waals surface area (Å²) in [5.74, 6) is 0.945. The van der Waals surface area contributed by atoms with E-state index in [0.717, 1.165) is 39.3 Å². The second-order valence-corrected chi connectivity index (χ2v) is 9.31. The van der Waals surface area contributed by atoms with Crippen LogP contribution in [0.1, 0.15) is 50.5 Å². The number of amides is 1. The Balaban J connectivity index is 1.43. The van der Waals surface area contributed by atoms with Gasteiger partial charge in [0, 0.05) is 30.5 Å². The molecule has 1 amide bonds. The van der Waals surface area contributed by atoms with Gasteiger partial charge in [-0.3, -0.25) is 9.59 Å². The first kappa shape index (κ1) is 26.7. The number of hydrogen-bond acceptors (Lipinski definition) is 5. The average Bonchev–Trinajstić information content (AvgIpc) is 3.27. The van der Waals surface area contributed by atoms with Crippen molar-refractivity contribution in [3.05, 3.63) is 106 Å². The number of ether oxygens (including phenoxy) is 1. The van der Waals surface area contributed by atoms with Gasteiger partial charge in [0.05, 0.1) is 12.3 Å². The minimum absolute atomic E-state index is 0.00735. The summed E-state index contributed by atoms with van der Waals surface area (Å²) in [6.07, 6.45) is 0.944. The van der Waals surface area contributed by atoms with E-state index in [-0.39, 0.29) is 18.9 Å². The zero-order chi connectivity index (χ0) is 27.1. The number of hydrogen-bond donors (Lipinski definition) is 2. The lowest BCUT2D eigenvalue weighted by Crippen LogP contribution is -2.24. The molecule has 0 aliphatic carbocycles. The minimum atomic E-state index is -0.867. The van der Waals surface area contributed by atoms with Gasteiger partial charge in [0.25, 0.3) is 5.91 Å². The van der Waals surface area contributed by atoms with Crippen LogP contribution in [0.15, 0.2) is 71.1 Å². The maximum atomic E-state index is 12.8. The number of carbonyl (C=O) groups excluding carboxylic acids is 1. The highest BCUT2D eigenvalue weighted by atomic mass is 16.5. The number of aryl methyl sites for hydroxylation is 4. The summed E-state index contributed by atoms with van der Waals surface area (Å²) in [6, 6.07) is 21.0. The van der Waals surface area contributed by atoms with Gasteiger partial charge in [0.15, 0.2) is 0 Å². The molecule has 196 valence electrons. The predicted octanol–water partition coefficient (Wildman–Crippen LogP) is 5.84. The van der Waals surface area contributed by atoms with E-state index < -0.39 is 5.97 Å². The lowest BCUT2D eigenvalue weighted by molar-refractivity contribution is -0.136. The molecule has 0 spiro atoms. The van der Waals surface area contributed by atoms with Crippen LogP contribution in [0.25, 0.3) is 11.5 Å². The number of carboxylic acids is 1. The Bertz CT molecular complexity index is 1430. The Kier molecular flexibility index (Phi) is 8.58. The Morgan fingerprint density at radius 3 is 2.47 bits per heavy atom. The summed E-state index contributed by atoms with van der Waals surface area (Å²) < 4.78 is 11.8. The number of nitrogens with zero attached hydrogens (tertiary/aromatic N) is 1. The second kappa shape index (κ2) is 12.2. The van der Waals surface area contributed by atoms with Gasteiger partial charge in [-0.2, -0.15) is 0 Å². The number of carbonyl (C=O) groups is 2. The number of nitrogens with one attached hydrogen (secondary N) is 1. The fourth-order valence-corrected chi connectivity index (χ4v) is 4.31. The largest absolute Gasteiger partial charge is 0.493 e. The summed E-state index contributed by atoms with van der Waals surface area (Å²) in [7, 11) is 0. The molecule has 7 nitrogen and oxygen atoms in total.